The van der Waals surface area contributed by atoms with Crippen LogP contribution in [0.3, 0.4) is 0 Å². The molecule has 1 amide bonds. The smallest absolute Gasteiger partial charge is 0.260 e. The highest BCUT2D eigenvalue weighted by Gasteiger charge is 2.30. The molecule has 0 N–H and O–H groups in total. The second-order valence-electron chi connectivity index (χ2n) is 5.98. The molecule has 0 unspecified atom stereocenters. The Morgan fingerprint density at radius 1 is 1.07 bits per heavy atom. The molecule has 27 heavy (non-hydrogen) atoms. The maximum absolute atomic E-state index is 13.1. The maximum Gasteiger partial charge on any atom is 0.260 e. The summed E-state index contributed by atoms with van der Waals surface area (Å²) in [5.74, 6) is -0.448. The van der Waals surface area contributed by atoms with Crippen LogP contribution >= 0.6 is 11.6 Å². The zero-order valence-corrected chi connectivity index (χ0v) is 15.9. The summed E-state index contributed by atoms with van der Waals surface area (Å²) in [6.07, 6.45) is 0. The predicted molar refractivity (Wildman–Crippen MR) is 98.7 cm³/mol. The molecule has 2 aromatic carbocycles. The number of nitrogens with zero attached hydrogens (tertiary/aromatic N) is 2. The van der Waals surface area contributed by atoms with Crippen molar-refractivity contribution in [3.05, 3.63) is 59.4 Å². The van der Waals surface area contributed by atoms with Crippen LogP contribution in [0.2, 0.25) is 5.02 Å². The van der Waals surface area contributed by atoms with E-state index in [0.717, 1.165) is 0 Å². The molecule has 0 spiro atoms. The van der Waals surface area contributed by atoms with Crippen LogP contribution in [0.15, 0.2) is 53.4 Å². The maximum atomic E-state index is 13.1. The van der Waals surface area contributed by atoms with E-state index in [1.165, 1.54) is 51.7 Å². The first kappa shape index (κ1) is 19.6. The van der Waals surface area contributed by atoms with Gasteiger partial charge >= 0.3 is 0 Å². The fourth-order valence-electron chi connectivity index (χ4n) is 2.73. The van der Waals surface area contributed by atoms with E-state index in [2.05, 4.69) is 0 Å². The molecule has 0 atom stereocenters. The van der Waals surface area contributed by atoms with Crippen LogP contribution in [0.1, 0.15) is 0 Å². The van der Waals surface area contributed by atoms with Gasteiger partial charge in [-0.05, 0) is 36.4 Å². The van der Waals surface area contributed by atoms with Gasteiger partial charge in [-0.3, -0.25) is 4.79 Å². The SMILES string of the molecule is O=C(COc1cccc(F)c1)N1CCN(S(=O)(=O)c2ccc(Cl)cc2)CC1. The van der Waals surface area contributed by atoms with Gasteiger partial charge in [-0.25, -0.2) is 12.8 Å². The third-order valence-corrected chi connectivity index (χ3v) is 6.37. The summed E-state index contributed by atoms with van der Waals surface area (Å²) < 4.78 is 45.0. The molecule has 1 fully saturated rings. The van der Waals surface area contributed by atoms with Crippen molar-refractivity contribution in [2.45, 2.75) is 4.90 Å². The zero-order chi connectivity index (χ0) is 19.4. The minimum Gasteiger partial charge on any atom is -0.484 e. The number of ether oxygens (including phenoxy) is 1. The highest BCUT2D eigenvalue weighted by atomic mass is 35.5. The van der Waals surface area contributed by atoms with Crippen molar-refractivity contribution < 1.29 is 22.3 Å². The molecule has 0 aliphatic carbocycles. The number of piperazine rings is 1. The highest BCUT2D eigenvalue weighted by molar-refractivity contribution is 7.89. The average molecular weight is 413 g/mol. The summed E-state index contributed by atoms with van der Waals surface area (Å²) in [4.78, 5) is 13.9. The molecule has 0 radical (unpaired) electrons. The third kappa shape index (κ3) is 4.77. The molecular formula is C18H18ClFN2O4S. The van der Waals surface area contributed by atoms with Gasteiger partial charge in [0.15, 0.2) is 6.61 Å². The summed E-state index contributed by atoms with van der Waals surface area (Å²) in [6.45, 7) is 0.678. The third-order valence-electron chi connectivity index (χ3n) is 4.20. The molecule has 2 aromatic rings. The van der Waals surface area contributed by atoms with Gasteiger partial charge in [0, 0.05) is 37.3 Å². The standard InChI is InChI=1S/C18H18ClFN2O4S/c19-14-4-6-17(7-5-14)27(24,25)22-10-8-21(9-11-22)18(23)13-26-16-3-1-2-15(20)12-16/h1-7,12H,8-11,13H2. The number of carbonyl (C=O) groups is 1. The number of hydrogen-bond donors (Lipinski definition) is 0. The second kappa shape index (κ2) is 8.24. The molecule has 0 bridgehead atoms. The molecule has 144 valence electrons. The van der Waals surface area contributed by atoms with Crippen LogP contribution in [0, 0.1) is 5.82 Å². The van der Waals surface area contributed by atoms with Gasteiger partial charge in [0.1, 0.15) is 11.6 Å². The monoisotopic (exact) mass is 412 g/mol. The number of benzene rings is 2. The van der Waals surface area contributed by atoms with Crippen LogP contribution in [0.5, 0.6) is 5.75 Å². The second-order valence-corrected chi connectivity index (χ2v) is 8.36. The number of hydrogen-bond acceptors (Lipinski definition) is 4. The molecule has 1 aliphatic heterocycles. The topological polar surface area (TPSA) is 66.9 Å². The number of carbonyl (C=O) groups excluding carboxylic acids is 1. The van der Waals surface area contributed by atoms with Crippen molar-refractivity contribution in [1.29, 1.82) is 0 Å². The lowest BCUT2D eigenvalue weighted by Crippen LogP contribution is -2.51. The number of halogens is 2. The van der Waals surface area contributed by atoms with Crippen molar-refractivity contribution in [2.75, 3.05) is 32.8 Å². The Labute approximate surface area is 162 Å². The van der Waals surface area contributed by atoms with Gasteiger partial charge in [0.25, 0.3) is 5.91 Å². The molecular weight excluding hydrogens is 395 g/mol. The molecule has 0 saturated carbocycles. The summed E-state index contributed by atoms with van der Waals surface area (Å²) in [6, 6.07) is 11.5. The van der Waals surface area contributed by atoms with Crippen molar-refractivity contribution >= 4 is 27.5 Å². The molecule has 0 aromatic heterocycles. The summed E-state index contributed by atoms with van der Waals surface area (Å²) in [5, 5.41) is 0.461. The Morgan fingerprint density at radius 2 is 1.74 bits per heavy atom. The minimum absolute atomic E-state index is 0.168. The van der Waals surface area contributed by atoms with E-state index in [-0.39, 0.29) is 49.3 Å². The Bertz CT molecular complexity index is 913. The molecule has 3 rings (SSSR count). The number of sulfonamides is 1. The van der Waals surface area contributed by atoms with E-state index >= 15 is 0 Å². The van der Waals surface area contributed by atoms with Gasteiger partial charge < -0.3 is 9.64 Å². The van der Waals surface area contributed by atoms with E-state index in [9.17, 15) is 17.6 Å². The van der Waals surface area contributed by atoms with E-state index < -0.39 is 15.8 Å². The first-order valence-corrected chi connectivity index (χ1v) is 10.1. The normalized spacial score (nSPS) is 15.6. The zero-order valence-electron chi connectivity index (χ0n) is 14.3. The van der Waals surface area contributed by atoms with Crippen LogP contribution in [0.4, 0.5) is 4.39 Å². The molecule has 1 saturated heterocycles. The number of rotatable bonds is 5. The predicted octanol–water partition coefficient (Wildman–Crippen LogP) is 2.39. The quantitative estimate of drug-likeness (QED) is 0.756. The summed E-state index contributed by atoms with van der Waals surface area (Å²) in [5.41, 5.74) is 0. The first-order chi connectivity index (χ1) is 12.9. The van der Waals surface area contributed by atoms with Crippen LogP contribution in [-0.2, 0) is 14.8 Å². The molecule has 1 heterocycles. The largest absolute Gasteiger partial charge is 0.484 e. The van der Waals surface area contributed by atoms with Gasteiger partial charge in [-0.1, -0.05) is 17.7 Å². The van der Waals surface area contributed by atoms with Gasteiger partial charge in [0.05, 0.1) is 4.90 Å². The average Bonchev–Trinajstić information content (AvgIpc) is 2.66. The van der Waals surface area contributed by atoms with Crippen molar-refractivity contribution in [3.8, 4) is 5.75 Å². The minimum atomic E-state index is -3.62. The lowest BCUT2D eigenvalue weighted by molar-refractivity contribution is -0.134. The Morgan fingerprint density at radius 3 is 2.37 bits per heavy atom. The Kier molecular flexibility index (Phi) is 5.98. The van der Waals surface area contributed by atoms with E-state index in [0.29, 0.717) is 5.02 Å². The highest BCUT2D eigenvalue weighted by Crippen LogP contribution is 2.20. The van der Waals surface area contributed by atoms with Crippen LogP contribution < -0.4 is 4.74 Å². The van der Waals surface area contributed by atoms with Gasteiger partial charge in [-0.15, -0.1) is 0 Å². The first-order valence-electron chi connectivity index (χ1n) is 8.28. The van der Waals surface area contributed by atoms with Crippen molar-refractivity contribution in [3.63, 3.8) is 0 Å². The van der Waals surface area contributed by atoms with E-state index in [1.807, 2.05) is 0 Å². The van der Waals surface area contributed by atoms with Gasteiger partial charge in [0.2, 0.25) is 10.0 Å². The lowest BCUT2D eigenvalue weighted by Gasteiger charge is -2.34. The fourth-order valence-corrected chi connectivity index (χ4v) is 4.27. The molecule has 9 heteroatoms. The fraction of sp³-hybridized carbons (Fsp3) is 0.278. The van der Waals surface area contributed by atoms with Crippen molar-refractivity contribution in [2.24, 2.45) is 0 Å². The van der Waals surface area contributed by atoms with E-state index in [4.69, 9.17) is 16.3 Å². The van der Waals surface area contributed by atoms with Crippen molar-refractivity contribution in [1.82, 2.24) is 9.21 Å². The van der Waals surface area contributed by atoms with E-state index in [1.54, 1.807) is 6.07 Å². The molecule has 1 aliphatic rings. The lowest BCUT2D eigenvalue weighted by atomic mass is 10.3. The number of amides is 1. The van der Waals surface area contributed by atoms with Crippen LogP contribution in [-0.4, -0.2) is 56.3 Å². The summed E-state index contributed by atoms with van der Waals surface area (Å²) in [7, 11) is -3.62. The molecule has 6 nitrogen and oxygen atoms in total. The Hall–Kier alpha value is -2.16. The Balaban J connectivity index is 1.55. The summed E-state index contributed by atoms with van der Waals surface area (Å²) >= 11 is 5.80. The van der Waals surface area contributed by atoms with Gasteiger partial charge in [-0.2, -0.15) is 4.31 Å². The van der Waals surface area contributed by atoms with Crippen LogP contribution in [0.25, 0.3) is 0 Å².